The van der Waals surface area contributed by atoms with Crippen molar-refractivity contribution in [3.05, 3.63) is 82.4 Å². The third-order valence-corrected chi connectivity index (χ3v) is 6.04. The lowest BCUT2D eigenvalue weighted by Crippen LogP contribution is -2.54. The quantitative estimate of drug-likeness (QED) is 0.544. The SMILES string of the molecule is CC1(C)C2=CC=CCC2(C)N(c2ccccc2)c2ccc(Br)cc21. The van der Waals surface area contributed by atoms with Crippen LogP contribution in [0.3, 0.4) is 0 Å². The van der Waals surface area contributed by atoms with Gasteiger partial charge in [-0.05, 0) is 54.8 Å². The van der Waals surface area contributed by atoms with Crippen LogP contribution in [0, 0.1) is 0 Å². The van der Waals surface area contributed by atoms with Gasteiger partial charge in [-0.3, -0.25) is 0 Å². The Bertz CT molecular complexity index is 848. The highest BCUT2D eigenvalue weighted by Gasteiger charge is 2.49. The maximum absolute atomic E-state index is 3.67. The number of nitrogens with zero attached hydrogens (tertiary/aromatic N) is 1. The largest absolute Gasteiger partial charge is 0.331 e. The van der Waals surface area contributed by atoms with Crippen molar-refractivity contribution in [2.45, 2.75) is 38.1 Å². The molecular weight excluding hydrogens is 358 g/mol. The highest BCUT2D eigenvalue weighted by atomic mass is 79.9. The standard InChI is InChI=1S/C22H22BrN/c1-21(2)18-15-16(23)12-13-19(18)24(17-9-5-4-6-10-17)22(3)14-8-7-11-20(21)22/h4-13,15H,14H2,1-3H3. The molecule has 0 saturated heterocycles. The lowest BCUT2D eigenvalue weighted by Gasteiger charge is -2.55. The Morgan fingerprint density at radius 2 is 1.75 bits per heavy atom. The molecule has 0 bridgehead atoms. The number of halogens is 1. The Hall–Kier alpha value is -1.80. The number of fused-ring (bicyclic) bond motifs is 2. The highest BCUT2D eigenvalue weighted by Crippen LogP contribution is 2.55. The van der Waals surface area contributed by atoms with Crippen LogP contribution in [-0.2, 0) is 5.41 Å². The first-order valence-electron chi connectivity index (χ1n) is 8.48. The van der Waals surface area contributed by atoms with Crippen molar-refractivity contribution in [1.82, 2.24) is 0 Å². The van der Waals surface area contributed by atoms with Gasteiger partial charge in [0.25, 0.3) is 0 Å². The molecule has 0 radical (unpaired) electrons. The molecule has 0 saturated carbocycles. The zero-order valence-electron chi connectivity index (χ0n) is 14.4. The molecule has 1 heterocycles. The van der Waals surface area contributed by atoms with Crippen molar-refractivity contribution in [3.8, 4) is 0 Å². The van der Waals surface area contributed by atoms with E-state index in [1.165, 1.54) is 22.5 Å². The van der Waals surface area contributed by atoms with E-state index in [0.29, 0.717) is 0 Å². The van der Waals surface area contributed by atoms with E-state index in [1.54, 1.807) is 0 Å². The minimum absolute atomic E-state index is 0.00387. The third-order valence-electron chi connectivity index (χ3n) is 5.55. The molecule has 1 unspecified atom stereocenters. The topological polar surface area (TPSA) is 3.24 Å². The Kier molecular flexibility index (Phi) is 3.50. The Labute approximate surface area is 152 Å². The number of anilines is 2. The Morgan fingerprint density at radius 1 is 1.00 bits per heavy atom. The van der Waals surface area contributed by atoms with Crippen LogP contribution in [0.5, 0.6) is 0 Å². The Balaban J connectivity index is 2.05. The van der Waals surface area contributed by atoms with E-state index in [9.17, 15) is 0 Å². The molecule has 1 atom stereocenters. The van der Waals surface area contributed by atoms with E-state index in [1.807, 2.05) is 0 Å². The van der Waals surface area contributed by atoms with Gasteiger partial charge >= 0.3 is 0 Å². The summed E-state index contributed by atoms with van der Waals surface area (Å²) in [4.78, 5) is 2.52. The molecule has 0 amide bonds. The summed E-state index contributed by atoms with van der Waals surface area (Å²) < 4.78 is 1.14. The molecular formula is C22H22BrN. The molecule has 1 nitrogen and oxygen atoms in total. The second-order valence-electron chi connectivity index (χ2n) is 7.44. The molecule has 0 spiro atoms. The van der Waals surface area contributed by atoms with Gasteiger partial charge in [0.1, 0.15) is 0 Å². The fourth-order valence-electron chi connectivity index (χ4n) is 4.46. The first-order chi connectivity index (χ1) is 11.4. The van der Waals surface area contributed by atoms with Gasteiger partial charge in [0.2, 0.25) is 0 Å². The van der Waals surface area contributed by atoms with E-state index in [-0.39, 0.29) is 11.0 Å². The number of benzene rings is 2. The van der Waals surface area contributed by atoms with Gasteiger partial charge < -0.3 is 4.90 Å². The molecule has 2 aliphatic rings. The molecule has 24 heavy (non-hydrogen) atoms. The molecule has 0 fully saturated rings. The number of rotatable bonds is 1. The van der Waals surface area contributed by atoms with E-state index in [4.69, 9.17) is 0 Å². The van der Waals surface area contributed by atoms with E-state index < -0.39 is 0 Å². The van der Waals surface area contributed by atoms with Crippen LogP contribution in [0.1, 0.15) is 32.8 Å². The first kappa shape index (κ1) is 15.7. The van der Waals surface area contributed by atoms with Gasteiger partial charge in [-0.2, -0.15) is 0 Å². The summed E-state index contributed by atoms with van der Waals surface area (Å²) in [7, 11) is 0. The molecule has 0 N–H and O–H groups in total. The van der Waals surface area contributed by atoms with E-state index in [2.05, 4.69) is 108 Å². The summed E-state index contributed by atoms with van der Waals surface area (Å²) >= 11 is 3.67. The molecule has 2 aromatic rings. The summed E-state index contributed by atoms with van der Waals surface area (Å²) in [6.07, 6.45) is 7.85. The van der Waals surface area contributed by atoms with Gasteiger partial charge in [0, 0.05) is 21.3 Å². The average Bonchev–Trinajstić information content (AvgIpc) is 2.56. The normalized spacial score (nSPS) is 24.2. The van der Waals surface area contributed by atoms with Crippen LogP contribution in [0.15, 0.2) is 76.8 Å². The summed E-state index contributed by atoms with van der Waals surface area (Å²) in [6, 6.07) is 17.5. The molecule has 1 aliphatic heterocycles. The monoisotopic (exact) mass is 379 g/mol. The summed E-state index contributed by atoms with van der Waals surface area (Å²) in [5.41, 5.74) is 5.38. The zero-order valence-corrected chi connectivity index (χ0v) is 16.0. The van der Waals surface area contributed by atoms with Gasteiger partial charge in [0.15, 0.2) is 0 Å². The fraction of sp³-hybridized carbons (Fsp3) is 0.273. The minimum Gasteiger partial charge on any atom is -0.331 e. The summed E-state index contributed by atoms with van der Waals surface area (Å²) in [5, 5.41) is 0. The zero-order chi connectivity index (χ0) is 16.9. The number of allylic oxidation sites excluding steroid dienone is 2. The molecule has 2 aromatic carbocycles. The molecule has 2 heteroatoms. The summed E-state index contributed by atoms with van der Waals surface area (Å²) in [5.74, 6) is 0. The van der Waals surface area contributed by atoms with Crippen LogP contribution in [0.25, 0.3) is 0 Å². The van der Waals surface area contributed by atoms with Crippen molar-refractivity contribution >= 4 is 27.3 Å². The van der Waals surface area contributed by atoms with Gasteiger partial charge in [-0.1, -0.05) is 66.2 Å². The maximum Gasteiger partial charge on any atom is 0.0680 e. The second kappa shape index (κ2) is 5.35. The van der Waals surface area contributed by atoms with Crippen molar-refractivity contribution in [2.75, 3.05) is 4.90 Å². The number of para-hydroxylation sites is 1. The first-order valence-corrected chi connectivity index (χ1v) is 9.27. The number of hydrogen-bond donors (Lipinski definition) is 0. The van der Waals surface area contributed by atoms with Crippen molar-refractivity contribution < 1.29 is 0 Å². The second-order valence-corrected chi connectivity index (χ2v) is 8.36. The van der Waals surface area contributed by atoms with Gasteiger partial charge in [-0.15, -0.1) is 0 Å². The number of hydrogen-bond acceptors (Lipinski definition) is 1. The Morgan fingerprint density at radius 3 is 2.50 bits per heavy atom. The highest BCUT2D eigenvalue weighted by molar-refractivity contribution is 9.10. The van der Waals surface area contributed by atoms with Gasteiger partial charge in [0.05, 0.1) is 5.54 Å². The minimum atomic E-state index is -0.0412. The lowest BCUT2D eigenvalue weighted by molar-refractivity contribution is 0.421. The lowest BCUT2D eigenvalue weighted by atomic mass is 9.63. The van der Waals surface area contributed by atoms with Crippen molar-refractivity contribution in [1.29, 1.82) is 0 Å². The third kappa shape index (κ3) is 2.12. The predicted molar refractivity (Wildman–Crippen MR) is 106 cm³/mol. The van der Waals surface area contributed by atoms with Gasteiger partial charge in [-0.25, -0.2) is 0 Å². The van der Waals surface area contributed by atoms with Crippen LogP contribution in [-0.4, -0.2) is 5.54 Å². The average molecular weight is 380 g/mol. The summed E-state index contributed by atoms with van der Waals surface area (Å²) in [6.45, 7) is 7.08. The molecule has 1 aliphatic carbocycles. The van der Waals surface area contributed by atoms with Crippen molar-refractivity contribution in [2.24, 2.45) is 0 Å². The van der Waals surface area contributed by atoms with E-state index >= 15 is 0 Å². The van der Waals surface area contributed by atoms with Crippen LogP contribution in [0.4, 0.5) is 11.4 Å². The van der Waals surface area contributed by atoms with Crippen LogP contribution in [0.2, 0.25) is 0 Å². The predicted octanol–water partition coefficient (Wildman–Crippen LogP) is 6.52. The van der Waals surface area contributed by atoms with Crippen molar-refractivity contribution in [3.63, 3.8) is 0 Å². The van der Waals surface area contributed by atoms with E-state index in [0.717, 1.165) is 10.9 Å². The molecule has 122 valence electrons. The molecule has 0 aromatic heterocycles. The van der Waals surface area contributed by atoms with Crippen LogP contribution < -0.4 is 4.90 Å². The maximum atomic E-state index is 3.67. The van der Waals surface area contributed by atoms with Crippen LogP contribution >= 0.6 is 15.9 Å². The smallest absolute Gasteiger partial charge is 0.0680 e. The fourth-order valence-corrected chi connectivity index (χ4v) is 4.82. The molecule has 4 rings (SSSR count).